The summed E-state index contributed by atoms with van der Waals surface area (Å²) < 4.78 is 7.60. The van der Waals surface area contributed by atoms with Crippen LogP contribution in [0.5, 0.6) is 0 Å². The van der Waals surface area contributed by atoms with Gasteiger partial charge in [0.05, 0.1) is 25.5 Å². The van der Waals surface area contributed by atoms with Crippen molar-refractivity contribution in [3.63, 3.8) is 0 Å². The molecule has 1 aromatic heterocycles. The van der Waals surface area contributed by atoms with Crippen LogP contribution in [0.4, 0.5) is 5.95 Å². The summed E-state index contributed by atoms with van der Waals surface area (Å²) in [4.78, 5) is 15.0. The van der Waals surface area contributed by atoms with Crippen LogP contribution in [0.25, 0.3) is 0 Å². The van der Waals surface area contributed by atoms with Crippen molar-refractivity contribution in [3.8, 4) is 0 Å². The molecule has 0 N–H and O–H groups in total. The van der Waals surface area contributed by atoms with E-state index in [1.807, 2.05) is 50.2 Å². The maximum atomic E-state index is 12.8. The van der Waals surface area contributed by atoms with Crippen molar-refractivity contribution in [2.45, 2.75) is 25.5 Å². The second-order valence-electron chi connectivity index (χ2n) is 7.48. The van der Waals surface area contributed by atoms with Gasteiger partial charge in [-0.1, -0.05) is 65.9 Å². The molecular formula is C23H26N4O2S. The summed E-state index contributed by atoms with van der Waals surface area (Å²) in [6, 6.07) is 16.2. The number of nitrogens with zero attached hydrogens (tertiary/aromatic N) is 4. The first kappa shape index (κ1) is 20.6. The molecule has 2 heterocycles. The molecule has 0 spiro atoms. The molecule has 6 nitrogen and oxygen atoms in total. The third-order valence-electron chi connectivity index (χ3n) is 5.19. The number of hydrogen-bond donors (Lipinski definition) is 0. The van der Waals surface area contributed by atoms with Crippen molar-refractivity contribution in [2.75, 3.05) is 37.0 Å². The largest absolute Gasteiger partial charge is 0.378 e. The Kier molecular flexibility index (Phi) is 6.50. The molecule has 0 unspecified atom stereocenters. The van der Waals surface area contributed by atoms with E-state index in [9.17, 15) is 4.79 Å². The van der Waals surface area contributed by atoms with Gasteiger partial charge >= 0.3 is 0 Å². The molecule has 1 aliphatic heterocycles. The SMILES string of the molecule is Cc1ccc(C(=O)CSc2nnc(N3CCOCC3)n2Cc2ccccc2)c(C)c1. The molecule has 1 fully saturated rings. The number of Topliss-reactive ketones (excluding diaryl/α,β-unsaturated/α-hetero) is 1. The zero-order valence-electron chi connectivity index (χ0n) is 17.4. The number of carbonyl (C=O) groups is 1. The van der Waals surface area contributed by atoms with Crippen LogP contribution >= 0.6 is 11.8 Å². The lowest BCUT2D eigenvalue weighted by molar-refractivity contribution is 0.102. The number of ether oxygens (including phenoxy) is 1. The first-order valence-corrected chi connectivity index (χ1v) is 11.1. The Labute approximate surface area is 181 Å². The molecule has 0 amide bonds. The molecule has 0 radical (unpaired) electrons. The molecule has 7 heteroatoms. The van der Waals surface area contributed by atoms with Crippen LogP contribution in [0.1, 0.15) is 27.0 Å². The van der Waals surface area contributed by atoms with Gasteiger partial charge in [0.25, 0.3) is 0 Å². The number of thioether (sulfide) groups is 1. The number of rotatable bonds is 7. The van der Waals surface area contributed by atoms with Crippen molar-refractivity contribution in [1.82, 2.24) is 14.8 Å². The maximum Gasteiger partial charge on any atom is 0.228 e. The van der Waals surface area contributed by atoms with Crippen LogP contribution in [0.2, 0.25) is 0 Å². The van der Waals surface area contributed by atoms with Crippen LogP contribution in [-0.4, -0.2) is 52.6 Å². The number of benzene rings is 2. The molecule has 0 aliphatic carbocycles. The minimum Gasteiger partial charge on any atom is -0.378 e. The summed E-state index contributed by atoms with van der Waals surface area (Å²) in [5.41, 5.74) is 4.12. The lowest BCUT2D eigenvalue weighted by Crippen LogP contribution is -2.38. The Bertz CT molecular complexity index is 1010. The minimum absolute atomic E-state index is 0.111. The molecule has 2 aromatic carbocycles. The van der Waals surface area contributed by atoms with E-state index in [1.54, 1.807) is 0 Å². The van der Waals surface area contributed by atoms with E-state index in [0.29, 0.717) is 25.5 Å². The van der Waals surface area contributed by atoms with Crippen molar-refractivity contribution < 1.29 is 9.53 Å². The van der Waals surface area contributed by atoms with Gasteiger partial charge in [0.2, 0.25) is 5.95 Å². The van der Waals surface area contributed by atoms with E-state index in [4.69, 9.17) is 4.74 Å². The highest BCUT2D eigenvalue weighted by Crippen LogP contribution is 2.25. The normalized spacial score (nSPS) is 14.1. The highest BCUT2D eigenvalue weighted by Gasteiger charge is 2.22. The van der Waals surface area contributed by atoms with E-state index >= 15 is 0 Å². The fourth-order valence-electron chi connectivity index (χ4n) is 3.62. The fraction of sp³-hybridized carbons (Fsp3) is 0.348. The molecule has 1 aliphatic rings. The van der Waals surface area contributed by atoms with Crippen molar-refractivity contribution in [3.05, 3.63) is 70.8 Å². The fourth-order valence-corrected chi connectivity index (χ4v) is 4.44. The number of carbonyl (C=O) groups excluding carboxylic acids is 1. The van der Waals surface area contributed by atoms with Crippen molar-refractivity contribution in [2.24, 2.45) is 0 Å². The average molecular weight is 423 g/mol. The molecule has 3 aromatic rings. The number of hydrogen-bond acceptors (Lipinski definition) is 6. The lowest BCUT2D eigenvalue weighted by atomic mass is 10.0. The monoisotopic (exact) mass is 422 g/mol. The van der Waals surface area contributed by atoms with Gasteiger partial charge in [0.1, 0.15) is 0 Å². The van der Waals surface area contributed by atoms with Gasteiger partial charge in [0.15, 0.2) is 10.9 Å². The topological polar surface area (TPSA) is 60.3 Å². The average Bonchev–Trinajstić information content (AvgIpc) is 3.16. The first-order chi connectivity index (χ1) is 14.6. The van der Waals surface area contributed by atoms with E-state index in [2.05, 4.69) is 31.8 Å². The molecule has 156 valence electrons. The second kappa shape index (κ2) is 9.45. The van der Waals surface area contributed by atoms with Crippen LogP contribution in [0.15, 0.2) is 53.7 Å². The van der Waals surface area contributed by atoms with E-state index in [0.717, 1.165) is 40.9 Å². The molecule has 0 atom stereocenters. The highest BCUT2D eigenvalue weighted by atomic mass is 32.2. The second-order valence-corrected chi connectivity index (χ2v) is 8.43. The van der Waals surface area contributed by atoms with E-state index in [-0.39, 0.29) is 5.78 Å². The van der Waals surface area contributed by atoms with Crippen LogP contribution < -0.4 is 4.90 Å². The molecule has 0 saturated carbocycles. The Morgan fingerprint density at radius 3 is 2.57 bits per heavy atom. The standard InChI is InChI=1S/C23H26N4O2S/c1-17-8-9-20(18(2)14-17)21(28)16-30-23-25-24-22(26-10-12-29-13-11-26)27(23)15-19-6-4-3-5-7-19/h3-9,14H,10-13,15-16H2,1-2H3. The van der Waals surface area contributed by atoms with Gasteiger partial charge in [-0.2, -0.15) is 0 Å². The quantitative estimate of drug-likeness (QED) is 0.427. The van der Waals surface area contributed by atoms with Gasteiger partial charge in [-0.15, -0.1) is 10.2 Å². The summed E-state index contributed by atoms with van der Waals surface area (Å²) in [6.07, 6.45) is 0. The number of aromatic nitrogens is 3. The van der Waals surface area contributed by atoms with Crippen molar-refractivity contribution in [1.29, 1.82) is 0 Å². The van der Waals surface area contributed by atoms with Gasteiger partial charge in [-0.25, -0.2) is 0 Å². The molecule has 1 saturated heterocycles. The molecule has 4 rings (SSSR count). The summed E-state index contributed by atoms with van der Waals surface area (Å²) in [7, 11) is 0. The highest BCUT2D eigenvalue weighted by molar-refractivity contribution is 7.99. The summed E-state index contributed by atoms with van der Waals surface area (Å²) in [5, 5.41) is 9.66. The van der Waals surface area contributed by atoms with Crippen LogP contribution in [0.3, 0.4) is 0 Å². The first-order valence-electron chi connectivity index (χ1n) is 10.1. The Morgan fingerprint density at radius 1 is 1.07 bits per heavy atom. The van der Waals surface area contributed by atoms with Gasteiger partial charge < -0.3 is 9.64 Å². The van der Waals surface area contributed by atoms with Gasteiger partial charge in [-0.3, -0.25) is 9.36 Å². The lowest BCUT2D eigenvalue weighted by Gasteiger charge is -2.28. The Morgan fingerprint density at radius 2 is 1.83 bits per heavy atom. The Hall–Kier alpha value is -2.64. The third-order valence-corrected chi connectivity index (χ3v) is 6.16. The van der Waals surface area contributed by atoms with Gasteiger partial charge in [0, 0.05) is 18.7 Å². The van der Waals surface area contributed by atoms with Crippen LogP contribution in [-0.2, 0) is 11.3 Å². The zero-order valence-corrected chi connectivity index (χ0v) is 18.2. The van der Waals surface area contributed by atoms with E-state index in [1.165, 1.54) is 17.3 Å². The number of anilines is 1. The minimum atomic E-state index is 0.111. The molecule has 0 bridgehead atoms. The molecular weight excluding hydrogens is 396 g/mol. The zero-order chi connectivity index (χ0) is 20.9. The predicted octanol–water partition coefficient (Wildman–Crippen LogP) is 3.75. The number of aryl methyl sites for hydroxylation is 2. The van der Waals surface area contributed by atoms with Crippen LogP contribution in [0, 0.1) is 13.8 Å². The summed E-state index contributed by atoms with van der Waals surface area (Å²) in [6.45, 7) is 7.64. The van der Waals surface area contributed by atoms with Gasteiger partial charge in [-0.05, 0) is 25.0 Å². The number of ketones is 1. The van der Waals surface area contributed by atoms with E-state index < -0.39 is 0 Å². The summed E-state index contributed by atoms with van der Waals surface area (Å²) >= 11 is 1.45. The molecule has 30 heavy (non-hydrogen) atoms. The smallest absolute Gasteiger partial charge is 0.228 e. The van der Waals surface area contributed by atoms with Crippen molar-refractivity contribution >= 4 is 23.5 Å². The maximum absolute atomic E-state index is 12.8. The predicted molar refractivity (Wildman–Crippen MR) is 120 cm³/mol. The third kappa shape index (κ3) is 4.74. The Balaban J connectivity index is 1.55. The summed E-state index contributed by atoms with van der Waals surface area (Å²) in [5.74, 6) is 1.28. The number of morpholine rings is 1.